The number of hydrogen-bond donors (Lipinski definition) is 0. The molecule has 2 aromatic rings. The maximum Gasteiger partial charge on any atom is 0.151 e. The van der Waals surface area contributed by atoms with Gasteiger partial charge in [0, 0.05) is 10.9 Å². The van der Waals surface area contributed by atoms with Gasteiger partial charge in [0.15, 0.2) is 6.29 Å². The standard InChI is InChI=1S/C13H10OS/c14-8-13-10-15-9-12(13)7-6-11-4-2-1-3-5-11/h1-10H. The van der Waals surface area contributed by atoms with Crippen LogP contribution in [0, 0.1) is 0 Å². The first-order valence-corrected chi connectivity index (χ1v) is 5.59. The number of thiophene rings is 1. The molecule has 0 amide bonds. The number of aldehydes is 1. The molecule has 1 aromatic carbocycles. The third kappa shape index (κ3) is 2.42. The van der Waals surface area contributed by atoms with Crippen molar-refractivity contribution < 1.29 is 4.79 Å². The molecule has 1 aromatic heterocycles. The molecule has 1 nitrogen and oxygen atoms in total. The van der Waals surface area contributed by atoms with Crippen molar-refractivity contribution in [3.8, 4) is 0 Å². The van der Waals surface area contributed by atoms with Gasteiger partial charge in [0.1, 0.15) is 0 Å². The lowest BCUT2D eigenvalue weighted by Crippen LogP contribution is -1.77. The van der Waals surface area contributed by atoms with Gasteiger partial charge in [-0.2, -0.15) is 11.3 Å². The summed E-state index contributed by atoms with van der Waals surface area (Å²) in [5.74, 6) is 0. The first kappa shape index (κ1) is 9.87. The topological polar surface area (TPSA) is 17.1 Å². The Morgan fingerprint density at radius 2 is 1.67 bits per heavy atom. The minimum Gasteiger partial charge on any atom is -0.298 e. The van der Waals surface area contributed by atoms with Crippen LogP contribution in [0.15, 0.2) is 41.1 Å². The van der Waals surface area contributed by atoms with Gasteiger partial charge in [-0.15, -0.1) is 0 Å². The fourth-order valence-corrected chi connectivity index (χ4v) is 2.07. The van der Waals surface area contributed by atoms with Crippen LogP contribution in [0.25, 0.3) is 12.2 Å². The minimum absolute atomic E-state index is 0.757. The maximum absolute atomic E-state index is 10.7. The molecule has 74 valence electrons. The molecule has 0 unspecified atom stereocenters. The highest BCUT2D eigenvalue weighted by Crippen LogP contribution is 2.16. The second-order valence-corrected chi connectivity index (χ2v) is 3.89. The molecular weight excluding hydrogens is 204 g/mol. The van der Waals surface area contributed by atoms with Gasteiger partial charge in [0.25, 0.3) is 0 Å². The summed E-state index contributed by atoms with van der Waals surface area (Å²) < 4.78 is 0. The van der Waals surface area contributed by atoms with E-state index in [0.29, 0.717) is 0 Å². The van der Waals surface area contributed by atoms with Crippen LogP contribution >= 0.6 is 11.3 Å². The number of carbonyl (C=O) groups excluding carboxylic acids is 1. The molecule has 0 atom stereocenters. The van der Waals surface area contributed by atoms with E-state index in [1.807, 2.05) is 53.2 Å². The smallest absolute Gasteiger partial charge is 0.151 e. The van der Waals surface area contributed by atoms with Gasteiger partial charge >= 0.3 is 0 Å². The van der Waals surface area contributed by atoms with E-state index in [0.717, 1.165) is 23.0 Å². The Kier molecular flexibility index (Phi) is 3.10. The van der Waals surface area contributed by atoms with Crippen molar-refractivity contribution in [2.45, 2.75) is 0 Å². The number of rotatable bonds is 3. The van der Waals surface area contributed by atoms with Crippen molar-refractivity contribution in [2.24, 2.45) is 0 Å². The van der Waals surface area contributed by atoms with Crippen molar-refractivity contribution in [2.75, 3.05) is 0 Å². The van der Waals surface area contributed by atoms with E-state index in [-0.39, 0.29) is 0 Å². The molecule has 0 bridgehead atoms. The quantitative estimate of drug-likeness (QED) is 0.711. The maximum atomic E-state index is 10.7. The molecule has 1 heterocycles. The Balaban J connectivity index is 2.22. The predicted octanol–water partition coefficient (Wildman–Crippen LogP) is 3.73. The van der Waals surface area contributed by atoms with Crippen molar-refractivity contribution in [1.82, 2.24) is 0 Å². The third-order valence-corrected chi connectivity index (χ3v) is 2.89. The molecule has 15 heavy (non-hydrogen) atoms. The van der Waals surface area contributed by atoms with Crippen LogP contribution in [0.1, 0.15) is 21.5 Å². The molecule has 0 radical (unpaired) electrons. The van der Waals surface area contributed by atoms with Crippen molar-refractivity contribution in [1.29, 1.82) is 0 Å². The van der Waals surface area contributed by atoms with E-state index < -0.39 is 0 Å². The first-order valence-electron chi connectivity index (χ1n) is 4.64. The number of hydrogen-bond acceptors (Lipinski definition) is 2. The summed E-state index contributed by atoms with van der Waals surface area (Å²) in [6, 6.07) is 10.0. The molecule has 0 fully saturated rings. The Hall–Kier alpha value is -1.67. The van der Waals surface area contributed by atoms with Gasteiger partial charge in [0.2, 0.25) is 0 Å². The van der Waals surface area contributed by atoms with E-state index in [1.165, 1.54) is 0 Å². The van der Waals surface area contributed by atoms with Crippen LogP contribution in [0.2, 0.25) is 0 Å². The predicted molar refractivity (Wildman–Crippen MR) is 65.1 cm³/mol. The summed E-state index contributed by atoms with van der Waals surface area (Å²) in [7, 11) is 0. The Bertz CT molecular complexity index is 468. The molecular formula is C13H10OS. The second-order valence-electron chi connectivity index (χ2n) is 3.14. The number of carbonyl (C=O) groups is 1. The van der Waals surface area contributed by atoms with Crippen LogP contribution in [0.4, 0.5) is 0 Å². The molecule has 0 saturated carbocycles. The van der Waals surface area contributed by atoms with Crippen molar-refractivity contribution >= 4 is 29.8 Å². The monoisotopic (exact) mass is 214 g/mol. The Morgan fingerprint density at radius 3 is 2.40 bits per heavy atom. The third-order valence-electron chi connectivity index (χ3n) is 2.11. The van der Waals surface area contributed by atoms with Gasteiger partial charge < -0.3 is 0 Å². The van der Waals surface area contributed by atoms with Crippen LogP contribution in [0.3, 0.4) is 0 Å². The number of benzene rings is 1. The fourth-order valence-electron chi connectivity index (χ4n) is 1.30. The van der Waals surface area contributed by atoms with Gasteiger partial charge in [-0.3, -0.25) is 4.79 Å². The molecule has 2 rings (SSSR count). The van der Waals surface area contributed by atoms with Gasteiger partial charge in [0.05, 0.1) is 0 Å². The minimum atomic E-state index is 0.757. The normalized spacial score (nSPS) is 10.7. The average molecular weight is 214 g/mol. The molecule has 0 aliphatic carbocycles. The fraction of sp³-hybridized carbons (Fsp3) is 0. The SMILES string of the molecule is O=Cc1cscc1C=Cc1ccccc1. The lowest BCUT2D eigenvalue weighted by atomic mass is 10.1. The summed E-state index contributed by atoms with van der Waals surface area (Å²) in [4.78, 5) is 10.7. The second kappa shape index (κ2) is 4.71. The van der Waals surface area contributed by atoms with E-state index in [4.69, 9.17) is 0 Å². The van der Waals surface area contributed by atoms with Crippen LogP contribution in [-0.4, -0.2) is 6.29 Å². The summed E-state index contributed by atoms with van der Waals surface area (Å²) in [5, 5.41) is 3.83. The highest BCUT2D eigenvalue weighted by atomic mass is 32.1. The van der Waals surface area contributed by atoms with Crippen molar-refractivity contribution in [3.63, 3.8) is 0 Å². The van der Waals surface area contributed by atoms with E-state index >= 15 is 0 Å². The van der Waals surface area contributed by atoms with E-state index in [1.54, 1.807) is 11.3 Å². The van der Waals surface area contributed by atoms with Crippen molar-refractivity contribution in [3.05, 3.63) is 57.8 Å². The molecule has 0 saturated heterocycles. The van der Waals surface area contributed by atoms with E-state index in [2.05, 4.69) is 0 Å². The zero-order valence-electron chi connectivity index (χ0n) is 8.09. The highest BCUT2D eigenvalue weighted by Gasteiger charge is 1.97. The molecule has 0 aliphatic heterocycles. The zero-order valence-corrected chi connectivity index (χ0v) is 8.91. The highest BCUT2D eigenvalue weighted by molar-refractivity contribution is 7.08. The summed E-state index contributed by atoms with van der Waals surface area (Å²) >= 11 is 1.54. The largest absolute Gasteiger partial charge is 0.298 e. The molecule has 0 N–H and O–H groups in total. The Labute approximate surface area is 92.7 Å². The Morgan fingerprint density at radius 1 is 0.933 bits per heavy atom. The molecule has 0 spiro atoms. The van der Waals surface area contributed by atoms with Gasteiger partial charge in [-0.1, -0.05) is 42.5 Å². The van der Waals surface area contributed by atoms with Crippen LogP contribution < -0.4 is 0 Å². The van der Waals surface area contributed by atoms with Gasteiger partial charge in [-0.25, -0.2) is 0 Å². The summed E-state index contributed by atoms with van der Waals surface area (Å²) in [5.41, 5.74) is 2.88. The average Bonchev–Trinajstić information content (AvgIpc) is 2.75. The lowest BCUT2D eigenvalue weighted by molar-refractivity contribution is 0.112. The lowest BCUT2D eigenvalue weighted by Gasteiger charge is -1.91. The first-order chi connectivity index (χ1) is 7.40. The van der Waals surface area contributed by atoms with Gasteiger partial charge in [-0.05, 0) is 16.5 Å². The molecule has 2 heteroatoms. The summed E-state index contributed by atoms with van der Waals surface area (Å²) in [6.07, 6.45) is 4.87. The van der Waals surface area contributed by atoms with Crippen LogP contribution in [0.5, 0.6) is 0 Å². The van der Waals surface area contributed by atoms with Crippen LogP contribution in [-0.2, 0) is 0 Å². The molecule has 0 aliphatic rings. The van der Waals surface area contributed by atoms with E-state index in [9.17, 15) is 4.79 Å². The summed E-state index contributed by atoms with van der Waals surface area (Å²) in [6.45, 7) is 0. The zero-order chi connectivity index (χ0) is 10.5.